The lowest BCUT2D eigenvalue weighted by molar-refractivity contribution is -0.385. The number of carbonyl (C=O) groups is 1. The Morgan fingerprint density at radius 3 is 2.64 bits per heavy atom. The zero-order valence-electron chi connectivity index (χ0n) is 12.1. The Labute approximate surface area is 137 Å². The van der Waals surface area contributed by atoms with Gasteiger partial charge in [0.1, 0.15) is 0 Å². The first-order valence-corrected chi connectivity index (χ1v) is 7.89. The maximum atomic E-state index is 11.1. The van der Waals surface area contributed by atoms with Gasteiger partial charge in [-0.2, -0.15) is 0 Å². The number of carbonyl (C=O) groups excluding carboxylic acids is 1. The normalized spacial score (nSPS) is 12.0. The maximum Gasteiger partial charge on any atom is 0.280 e. The third kappa shape index (κ3) is 3.67. The highest BCUT2D eigenvalue weighted by atomic mass is 35.5. The first kappa shape index (κ1) is 16.5. The van der Waals surface area contributed by atoms with Crippen molar-refractivity contribution < 1.29 is 9.72 Å². The van der Waals surface area contributed by atoms with Crippen molar-refractivity contribution in [1.29, 1.82) is 0 Å². The average Bonchev–Trinajstić information content (AvgIpc) is 2.46. The number of aryl methyl sites for hydroxylation is 1. The lowest BCUT2D eigenvalue weighted by Gasteiger charge is -2.10. The molecule has 0 bridgehead atoms. The number of thioether (sulfide) groups is 1. The van der Waals surface area contributed by atoms with E-state index in [0.29, 0.717) is 6.29 Å². The maximum absolute atomic E-state index is 11.1. The first-order chi connectivity index (χ1) is 10.4. The topological polar surface area (TPSA) is 60.2 Å². The second-order valence-corrected chi connectivity index (χ2v) is 7.12. The molecule has 0 spiro atoms. The molecule has 0 aromatic heterocycles. The molecule has 1 unspecified atom stereocenters. The van der Waals surface area contributed by atoms with E-state index in [4.69, 9.17) is 11.6 Å². The molecule has 22 heavy (non-hydrogen) atoms. The van der Waals surface area contributed by atoms with Gasteiger partial charge in [-0.15, -0.1) is 23.4 Å². The van der Waals surface area contributed by atoms with Crippen LogP contribution < -0.4 is 0 Å². The van der Waals surface area contributed by atoms with Crippen molar-refractivity contribution >= 4 is 35.3 Å². The van der Waals surface area contributed by atoms with Gasteiger partial charge in [-0.05, 0) is 48.7 Å². The summed E-state index contributed by atoms with van der Waals surface area (Å²) in [7, 11) is 0. The smallest absolute Gasteiger partial charge is 0.280 e. The largest absolute Gasteiger partial charge is 0.298 e. The standard InChI is InChI=1S/C16H14ClNO3S/c1-10-6-13(9-19)16(18(20)21)8-15(10)12-4-3-5-14(7-12)22-11(2)17/h3-9,11H,1-2H3. The highest BCUT2D eigenvalue weighted by Gasteiger charge is 2.17. The molecule has 4 nitrogen and oxygen atoms in total. The zero-order valence-corrected chi connectivity index (χ0v) is 13.6. The van der Waals surface area contributed by atoms with Crippen molar-refractivity contribution in [1.82, 2.24) is 0 Å². The second-order valence-electron chi connectivity index (χ2n) is 4.79. The molecule has 0 heterocycles. The molecule has 0 radical (unpaired) electrons. The Bertz CT molecular complexity index is 731. The molecule has 114 valence electrons. The summed E-state index contributed by atoms with van der Waals surface area (Å²) in [5.41, 5.74) is 2.32. The minimum absolute atomic E-state index is 0.0666. The summed E-state index contributed by atoms with van der Waals surface area (Å²) in [5.74, 6) is 0. The van der Waals surface area contributed by atoms with Crippen molar-refractivity contribution in [2.75, 3.05) is 0 Å². The Kier molecular flexibility index (Phi) is 5.21. The number of hydrogen-bond donors (Lipinski definition) is 0. The highest BCUT2D eigenvalue weighted by molar-refractivity contribution is 8.01. The van der Waals surface area contributed by atoms with Crippen LogP contribution in [0.15, 0.2) is 41.3 Å². The fourth-order valence-corrected chi connectivity index (χ4v) is 3.24. The molecule has 0 N–H and O–H groups in total. The van der Waals surface area contributed by atoms with Gasteiger partial charge in [0.05, 0.1) is 15.2 Å². The van der Waals surface area contributed by atoms with Gasteiger partial charge in [0.15, 0.2) is 6.29 Å². The second kappa shape index (κ2) is 6.94. The summed E-state index contributed by atoms with van der Waals surface area (Å²) in [6.45, 7) is 3.71. The van der Waals surface area contributed by atoms with E-state index < -0.39 is 4.92 Å². The molecule has 1 atom stereocenters. The molecule has 0 aliphatic heterocycles. The average molecular weight is 336 g/mol. The van der Waals surface area contributed by atoms with Crippen LogP contribution in [-0.4, -0.2) is 15.9 Å². The molecule has 0 aliphatic rings. The molecule has 6 heteroatoms. The van der Waals surface area contributed by atoms with Crippen LogP contribution in [0, 0.1) is 17.0 Å². The molecule has 2 aromatic rings. The van der Waals surface area contributed by atoms with E-state index in [1.165, 1.54) is 17.8 Å². The number of nitro benzene ring substituents is 1. The summed E-state index contributed by atoms with van der Waals surface area (Å²) in [6, 6.07) is 10.6. The number of aldehydes is 1. The van der Waals surface area contributed by atoms with Crippen molar-refractivity contribution in [2.45, 2.75) is 23.5 Å². The predicted molar refractivity (Wildman–Crippen MR) is 89.8 cm³/mol. The minimum Gasteiger partial charge on any atom is -0.298 e. The number of alkyl halides is 1. The van der Waals surface area contributed by atoms with Crippen LogP contribution in [0.5, 0.6) is 0 Å². The van der Waals surface area contributed by atoms with Crippen molar-refractivity contribution in [3.63, 3.8) is 0 Å². The lowest BCUT2D eigenvalue weighted by Crippen LogP contribution is -1.97. The van der Waals surface area contributed by atoms with Crippen LogP contribution in [0.25, 0.3) is 11.1 Å². The summed E-state index contributed by atoms with van der Waals surface area (Å²) in [6.07, 6.45) is 0.510. The van der Waals surface area contributed by atoms with Gasteiger partial charge in [0, 0.05) is 11.0 Å². The van der Waals surface area contributed by atoms with Gasteiger partial charge in [-0.25, -0.2) is 0 Å². The van der Waals surface area contributed by atoms with Crippen LogP contribution in [0.2, 0.25) is 0 Å². The number of hydrogen-bond acceptors (Lipinski definition) is 4. The molecule has 0 saturated carbocycles. The quantitative estimate of drug-likeness (QED) is 0.252. The fourth-order valence-electron chi connectivity index (χ4n) is 2.21. The van der Waals surface area contributed by atoms with E-state index in [1.54, 1.807) is 6.07 Å². The van der Waals surface area contributed by atoms with Crippen LogP contribution in [-0.2, 0) is 0 Å². The molecule has 0 saturated heterocycles. The summed E-state index contributed by atoms with van der Waals surface area (Å²) in [5, 5.41) is 11.1. The van der Waals surface area contributed by atoms with E-state index in [2.05, 4.69) is 0 Å². The number of rotatable bonds is 5. The number of benzene rings is 2. The van der Waals surface area contributed by atoms with Gasteiger partial charge in [0.25, 0.3) is 5.69 Å². The van der Waals surface area contributed by atoms with Crippen LogP contribution in [0.3, 0.4) is 0 Å². The number of halogens is 1. The molecule has 0 fully saturated rings. The van der Waals surface area contributed by atoms with E-state index in [9.17, 15) is 14.9 Å². The molecule has 2 rings (SSSR count). The molecule has 2 aromatic carbocycles. The van der Waals surface area contributed by atoms with E-state index in [1.807, 2.05) is 38.1 Å². The highest BCUT2D eigenvalue weighted by Crippen LogP contribution is 2.33. The summed E-state index contributed by atoms with van der Waals surface area (Å²) in [4.78, 5) is 22.5. The summed E-state index contributed by atoms with van der Waals surface area (Å²) >= 11 is 7.49. The third-order valence-corrected chi connectivity index (χ3v) is 4.26. The molecular formula is C16H14ClNO3S. The van der Waals surface area contributed by atoms with Crippen molar-refractivity contribution in [3.8, 4) is 11.1 Å². The van der Waals surface area contributed by atoms with Crippen LogP contribution in [0.4, 0.5) is 5.69 Å². The van der Waals surface area contributed by atoms with Gasteiger partial charge in [-0.1, -0.05) is 12.1 Å². The monoisotopic (exact) mass is 335 g/mol. The van der Waals surface area contributed by atoms with E-state index >= 15 is 0 Å². The Morgan fingerprint density at radius 2 is 2.05 bits per heavy atom. The first-order valence-electron chi connectivity index (χ1n) is 6.57. The van der Waals surface area contributed by atoms with E-state index in [-0.39, 0.29) is 16.0 Å². The third-order valence-electron chi connectivity index (χ3n) is 3.14. The van der Waals surface area contributed by atoms with Crippen molar-refractivity contribution in [2.24, 2.45) is 0 Å². The molecular weight excluding hydrogens is 322 g/mol. The minimum atomic E-state index is -0.536. The van der Waals surface area contributed by atoms with Crippen LogP contribution >= 0.6 is 23.4 Å². The Balaban J connectivity index is 2.55. The molecule has 0 aliphatic carbocycles. The van der Waals surface area contributed by atoms with Gasteiger partial charge >= 0.3 is 0 Å². The summed E-state index contributed by atoms with van der Waals surface area (Å²) < 4.78 is -0.0666. The Morgan fingerprint density at radius 1 is 1.32 bits per heavy atom. The lowest BCUT2D eigenvalue weighted by atomic mass is 9.97. The van der Waals surface area contributed by atoms with Crippen molar-refractivity contribution in [3.05, 3.63) is 57.6 Å². The number of nitro groups is 1. The Hall–Kier alpha value is -1.85. The number of nitrogens with zero attached hydrogens (tertiary/aromatic N) is 1. The van der Waals surface area contributed by atoms with Gasteiger partial charge < -0.3 is 0 Å². The van der Waals surface area contributed by atoms with Gasteiger partial charge in [-0.3, -0.25) is 14.9 Å². The zero-order chi connectivity index (χ0) is 16.3. The van der Waals surface area contributed by atoms with Crippen LogP contribution in [0.1, 0.15) is 22.8 Å². The van der Waals surface area contributed by atoms with E-state index in [0.717, 1.165) is 21.6 Å². The molecule has 0 amide bonds. The SMILES string of the molecule is Cc1cc(C=O)c([N+](=O)[O-])cc1-c1cccc(SC(C)Cl)c1. The van der Waals surface area contributed by atoms with Gasteiger partial charge in [0.2, 0.25) is 0 Å². The fraction of sp³-hybridized carbons (Fsp3) is 0.188. The predicted octanol–water partition coefficient (Wildman–Crippen LogP) is 5.06.